The number of halogens is 1. The molecule has 1 atom stereocenters. The van der Waals surface area contributed by atoms with Crippen LogP contribution in [0.25, 0.3) is 21.9 Å². The van der Waals surface area contributed by atoms with Crippen molar-refractivity contribution in [1.82, 2.24) is 5.48 Å². The number of hydroxylamine groups is 1. The highest BCUT2D eigenvalue weighted by Crippen LogP contribution is 2.31. The number of ether oxygens (including phenoxy) is 1. The second-order valence-electron chi connectivity index (χ2n) is 7.36. The third-order valence-corrected chi connectivity index (χ3v) is 7.46. The number of carbonyl (C=O) groups is 1. The van der Waals surface area contributed by atoms with Crippen molar-refractivity contribution in [2.75, 3.05) is 0 Å². The van der Waals surface area contributed by atoms with Crippen LogP contribution in [0.3, 0.4) is 0 Å². The van der Waals surface area contributed by atoms with Crippen LogP contribution >= 0.6 is 11.6 Å². The first-order valence-electron chi connectivity index (χ1n) is 10.0. The van der Waals surface area contributed by atoms with Gasteiger partial charge in [-0.15, -0.1) is 0 Å². The first-order chi connectivity index (χ1) is 15.8. The molecule has 0 fully saturated rings. The van der Waals surface area contributed by atoms with E-state index in [0.29, 0.717) is 10.4 Å². The largest absolute Gasteiger partial charge is 0.474 e. The van der Waals surface area contributed by atoms with Crippen LogP contribution in [-0.4, -0.2) is 25.0 Å². The number of sulfone groups is 1. The topological polar surface area (TPSA) is 92.7 Å². The minimum absolute atomic E-state index is 0.0501. The van der Waals surface area contributed by atoms with Gasteiger partial charge in [0.25, 0.3) is 5.91 Å². The van der Waals surface area contributed by atoms with Crippen LogP contribution in [0.5, 0.6) is 5.75 Å². The molecule has 168 valence electrons. The van der Waals surface area contributed by atoms with E-state index in [1.807, 2.05) is 18.2 Å². The summed E-state index contributed by atoms with van der Waals surface area (Å²) in [6.45, 7) is 1.40. The van der Waals surface area contributed by atoms with Gasteiger partial charge in [-0.1, -0.05) is 66.2 Å². The maximum absolute atomic E-state index is 13.2. The van der Waals surface area contributed by atoms with E-state index in [4.69, 9.17) is 16.3 Å². The van der Waals surface area contributed by atoms with E-state index in [2.05, 4.69) is 0 Å². The lowest BCUT2D eigenvalue weighted by Crippen LogP contribution is -2.26. The van der Waals surface area contributed by atoms with Crippen molar-refractivity contribution in [2.24, 2.45) is 0 Å². The third kappa shape index (κ3) is 4.57. The summed E-state index contributed by atoms with van der Waals surface area (Å²) >= 11 is 5.93. The van der Waals surface area contributed by atoms with E-state index in [9.17, 15) is 18.4 Å². The predicted octanol–water partition coefficient (Wildman–Crippen LogP) is 5.48. The highest BCUT2D eigenvalue weighted by atomic mass is 35.5. The van der Waals surface area contributed by atoms with Gasteiger partial charge in [-0.05, 0) is 59.2 Å². The Bertz CT molecular complexity index is 1420. The SMILES string of the molecule is CC(Oc1ccc2ccccc2c1C(=O)NO)S(=O)(=O)c1ccc(-c2ccc(Cl)cc2)cc1. The van der Waals surface area contributed by atoms with Crippen molar-refractivity contribution >= 4 is 38.1 Å². The van der Waals surface area contributed by atoms with Crippen molar-refractivity contribution in [2.45, 2.75) is 17.3 Å². The van der Waals surface area contributed by atoms with E-state index < -0.39 is 21.2 Å². The molecule has 33 heavy (non-hydrogen) atoms. The minimum Gasteiger partial charge on any atom is -0.474 e. The lowest BCUT2D eigenvalue weighted by molar-refractivity contribution is 0.0703. The number of hydrogen-bond acceptors (Lipinski definition) is 5. The Kier molecular flexibility index (Phi) is 6.37. The van der Waals surface area contributed by atoms with E-state index in [0.717, 1.165) is 16.5 Å². The Balaban J connectivity index is 1.64. The molecule has 0 spiro atoms. The number of hydrogen-bond donors (Lipinski definition) is 2. The smallest absolute Gasteiger partial charge is 0.279 e. The summed E-state index contributed by atoms with van der Waals surface area (Å²) in [6.07, 6.45) is 0. The molecule has 6 nitrogen and oxygen atoms in total. The molecule has 1 amide bonds. The van der Waals surface area contributed by atoms with Gasteiger partial charge in [-0.3, -0.25) is 10.0 Å². The van der Waals surface area contributed by atoms with Crippen LogP contribution in [0, 0.1) is 0 Å². The molecular weight excluding hydrogens is 462 g/mol. The Morgan fingerprint density at radius 3 is 2.15 bits per heavy atom. The Morgan fingerprint density at radius 2 is 1.52 bits per heavy atom. The molecule has 0 aromatic heterocycles. The Hall–Kier alpha value is -3.39. The lowest BCUT2D eigenvalue weighted by Gasteiger charge is -2.19. The van der Waals surface area contributed by atoms with E-state index >= 15 is 0 Å². The molecule has 0 aliphatic carbocycles. The summed E-state index contributed by atoms with van der Waals surface area (Å²) in [6, 6.07) is 24.0. The standard InChI is InChI=1S/C25H20ClNO5S/c1-16(32-23-15-10-19-4-2-3-5-22(19)24(23)25(28)27-29)33(30,31)21-13-8-18(9-14-21)17-6-11-20(26)12-7-17/h2-16,29H,1H3,(H,27,28). The molecule has 0 radical (unpaired) electrons. The zero-order valence-electron chi connectivity index (χ0n) is 17.5. The molecule has 0 bridgehead atoms. The zero-order chi connectivity index (χ0) is 23.6. The van der Waals surface area contributed by atoms with Gasteiger partial charge < -0.3 is 4.74 Å². The van der Waals surface area contributed by atoms with Gasteiger partial charge >= 0.3 is 0 Å². The van der Waals surface area contributed by atoms with Gasteiger partial charge in [0, 0.05) is 5.02 Å². The molecule has 0 saturated heterocycles. The summed E-state index contributed by atoms with van der Waals surface area (Å²) in [7, 11) is -3.88. The predicted molar refractivity (Wildman–Crippen MR) is 127 cm³/mol. The molecule has 8 heteroatoms. The van der Waals surface area contributed by atoms with E-state index in [1.54, 1.807) is 54.0 Å². The molecule has 2 N–H and O–H groups in total. The van der Waals surface area contributed by atoms with Gasteiger partial charge in [0.15, 0.2) is 0 Å². The number of fused-ring (bicyclic) bond motifs is 1. The zero-order valence-corrected chi connectivity index (χ0v) is 19.1. The van der Waals surface area contributed by atoms with Crippen LogP contribution in [0.1, 0.15) is 17.3 Å². The molecule has 4 aromatic rings. The maximum Gasteiger partial charge on any atom is 0.279 e. The van der Waals surface area contributed by atoms with Crippen molar-refractivity contribution in [3.63, 3.8) is 0 Å². The van der Waals surface area contributed by atoms with Gasteiger partial charge in [0.2, 0.25) is 15.3 Å². The van der Waals surface area contributed by atoms with Crippen molar-refractivity contribution in [1.29, 1.82) is 0 Å². The lowest BCUT2D eigenvalue weighted by atomic mass is 10.0. The van der Waals surface area contributed by atoms with Crippen LogP contribution in [-0.2, 0) is 9.84 Å². The summed E-state index contributed by atoms with van der Waals surface area (Å²) < 4.78 is 32.1. The molecule has 4 rings (SSSR count). The second kappa shape index (κ2) is 9.23. The number of benzene rings is 4. The van der Waals surface area contributed by atoms with E-state index in [-0.39, 0.29) is 16.2 Å². The normalized spacial score (nSPS) is 12.3. The van der Waals surface area contributed by atoms with Crippen molar-refractivity contribution in [3.8, 4) is 16.9 Å². The molecule has 4 aromatic carbocycles. The molecule has 1 unspecified atom stereocenters. The molecule has 0 heterocycles. The van der Waals surface area contributed by atoms with Gasteiger partial charge in [0.1, 0.15) is 5.75 Å². The Labute approximate surface area is 196 Å². The molecule has 0 saturated carbocycles. The summed E-state index contributed by atoms with van der Waals surface area (Å²) in [5.41, 5.74) is 2.12. The monoisotopic (exact) mass is 481 g/mol. The van der Waals surface area contributed by atoms with Crippen LogP contribution in [0.4, 0.5) is 0 Å². The minimum atomic E-state index is -3.88. The summed E-state index contributed by atoms with van der Waals surface area (Å²) in [4.78, 5) is 12.4. The number of amides is 1. The average Bonchev–Trinajstić information content (AvgIpc) is 2.84. The Morgan fingerprint density at radius 1 is 0.909 bits per heavy atom. The van der Waals surface area contributed by atoms with Crippen LogP contribution in [0.2, 0.25) is 5.02 Å². The first-order valence-corrected chi connectivity index (χ1v) is 12.0. The van der Waals surface area contributed by atoms with Gasteiger partial charge in [-0.25, -0.2) is 13.9 Å². The first kappa shape index (κ1) is 22.8. The number of nitrogens with one attached hydrogen (secondary N) is 1. The van der Waals surface area contributed by atoms with Crippen molar-refractivity contribution in [3.05, 3.63) is 95.5 Å². The molecule has 0 aliphatic rings. The summed E-state index contributed by atoms with van der Waals surface area (Å²) in [5.74, 6) is -0.743. The third-order valence-electron chi connectivity index (χ3n) is 5.31. The molecule has 0 aliphatic heterocycles. The van der Waals surface area contributed by atoms with E-state index in [1.165, 1.54) is 25.1 Å². The fraction of sp³-hybridized carbons (Fsp3) is 0.0800. The van der Waals surface area contributed by atoms with Crippen LogP contribution in [0.15, 0.2) is 89.8 Å². The van der Waals surface area contributed by atoms with Gasteiger partial charge in [0.05, 0.1) is 10.5 Å². The van der Waals surface area contributed by atoms with Crippen molar-refractivity contribution < 1.29 is 23.2 Å². The van der Waals surface area contributed by atoms with Gasteiger partial charge in [-0.2, -0.15) is 0 Å². The maximum atomic E-state index is 13.2. The quantitative estimate of drug-likeness (QED) is 0.281. The fourth-order valence-corrected chi connectivity index (χ4v) is 4.81. The fourth-order valence-electron chi connectivity index (χ4n) is 3.55. The highest BCUT2D eigenvalue weighted by molar-refractivity contribution is 7.91. The molecular formula is C25H20ClNO5S. The average molecular weight is 482 g/mol. The van der Waals surface area contributed by atoms with Crippen LogP contribution < -0.4 is 10.2 Å². The number of carbonyl (C=O) groups excluding carboxylic acids is 1. The highest BCUT2D eigenvalue weighted by Gasteiger charge is 2.27. The summed E-state index contributed by atoms with van der Waals surface area (Å²) in [5, 5.41) is 11.1. The second-order valence-corrected chi connectivity index (χ2v) is 10.0. The number of rotatable bonds is 6.